The number of nitrogens with one attached hydrogen (secondary N) is 3. The normalized spacial score (nSPS) is 18.3. The predicted octanol–water partition coefficient (Wildman–Crippen LogP) is 3.60. The average molecular weight is 458 g/mol. The fourth-order valence-electron chi connectivity index (χ4n) is 3.52. The van der Waals surface area contributed by atoms with Crippen molar-refractivity contribution in [1.29, 1.82) is 0 Å². The van der Waals surface area contributed by atoms with Crippen LogP contribution in [-0.2, 0) is 20.8 Å². The lowest BCUT2D eigenvalue weighted by atomic mass is 9.86. The van der Waals surface area contributed by atoms with E-state index in [4.69, 9.17) is 0 Å². The van der Waals surface area contributed by atoms with E-state index in [0.29, 0.717) is 39.8 Å². The molecule has 1 unspecified atom stereocenters. The third-order valence-electron chi connectivity index (χ3n) is 5.02. The summed E-state index contributed by atoms with van der Waals surface area (Å²) < 4.78 is 14.0. The minimum absolute atomic E-state index is 0.0637. The van der Waals surface area contributed by atoms with Crippen molar-refractivity contribution in [2.75, 3.05) is 10.6 Å². The number of amides is 3. The average Bonchev–Trinajstić information content (AvgIpc) is 2.69. The summed E-state index contributed by atoms with van der Waals surface area (Å²) in [6, 6.07) is 9.34. The van der Waals surface area contributed by atoms with Crippen LogP contribution in [0.25, 0.3) is 0 Å². The van der Waals surface area contributed by atoms with Gasteiger partial charge < -0.3 is 16.0 Å². The molecule has 0 fully saturated rings. The van der Waals surface area contributed by atoms with Gasteiger partial charge in [-0.25, -0.2) is 4.39 Å². The first-order chi connectivity index (χ1) is 13.9. The highest BCUT2D eigenvalue weighted by molar-refractivity contribution is 9.10. The van der Waals surface area contributed by atoms with Crippen LogP contribution < -0.4 is 16.0 Å². The van der Waals surface area contributed by atoms with Crippen molar-refractivity contribution in [1.82, 2.24) is 5.32 Å². The number of fused-ring (bicyclic) bond motifs is 1. The Morgan fingerprint density at radius 2 is 1.86 bits per heavy atom. The second-order valence-corrected chi connectivity index (χ2v) is 7.82. The van der Waals surface area contributed by atoms with Crippen molar-refractivity contribution in [2.45, 2.75) is 25.2 Å². The van der Waals surface area contributed by atoms with E-state index in [1.165, 1.54) is 18.3 Å². The molecule has 3 amide bonds. The molecule has 0 radical (unpaired) electrons. The summed E-state index contributed by atoms with van der Waals surface area (Å²) in [6.45, 7) is 0. The molecule has 2 aromatic rings. The van der Waals surface area contributed by atoms with Crippen LogP contribution in [-0.4, -0.2) is 17.7 Å². The molecule has 2 aromatic carbocycles. The zero-order chi connectivity index (χ0) is 20.5. The minimum atomic E-state index is -0.486. The number of anilines is 2. The molecule has 0 bridgehead atoms. The Balaban J connectivity index is 1.61. The number of hydrogen-bond acceptors (Lipinski definition) is 3. The molecule has 4 rings (SSSR count). The number of hydrogen-bond donors (Lipinski definition) is 3. The van der Waals surface area contributed by atoms with Crippen LogP contribution in [0.15, 0.2) is 52.6 Å². The van der Waals surface area contributed by atoms with Crippen LogP contribution in [0, 0.1) is 5.82 Å². The molecule has 0 aliphatic carbocycles. The summed E-state index contributed by atoms with van der Waals surface area (Å²) in [7, 11) is 0. The highest BCUT2D eigenvalue weighted by atomic mass is 79.9. The van der Waals surface area contributed by atoms with Gasteiger partial charge in [0.2, 0.25) is 11.8 Å². The first-order valence-corrected chi connectivity index (χ1v) is 9.88. The molecule has 2 heterocycles. The Kier molecular flexibility index (Phi) is 5.19. The van der Waals surface area contributed by atoms with E-state index >= 15 is 0 Å². The monoisotopic (exact) mass is 457 g/mol. The Hall–Kier alpha value is -3.00. The Morgan fingerprint density at radius 1 is 1.10 bits per heavy atom. The standard InChI is InChI=1S/C21H17BrFN3O3/c22-16-7-12-3-6-19(27)25-17(12)9-18(16)26-21(29)15-10-24-20(28)8-14(15)11-1-4-13(23)5-2-11/h1-2,4-5,7,9-10,14H,3,6,8H2,(H,24,28)(H,25,27)(H,26,29). The summed E-state index contributed by atoms with van der Waals surface area (Å²) in [4.78, 5) is 36.5. The fourth-order valence-corrected chi connectivity index (χ4v) is 4.01. The number of carbonyl (C=O) groups excluding carboxylic acids is 3. The molecule has 0 spiro atoms. The maximum Gasteiger partial charge on any atom is 0.253 e. The van der Waals surface area contributed by atoms with Gasteiger partial charge in [0.15, 0.2) is 0 Å². The van der Waals surface area contributed by atoms with Crippen molar-refractivity contribution < 1.29 is 18.8 Å². The van der Waals surface area contributed by atoms with Gasteiger partial charge in [-0.3, -0.25) is 14.4 Å². The third-order valence-corrected chi connectivity index (χ3v) is 5.68. The first kappa shape index (κ1) is 19.3. The quantitative estimate of drug-likeness (QED) is 0.657. The summed E-state index contributed by atoms with van der Waals surface area (Å²) in [6.07, 6.45) is 2.55. The molecule has 29 heavy (non-hydrogen) atoms. The van der Waals surface area contributed by atoms with Gasteiger partial charge in [0.25, 0.3) is 5.91 Å². The summed E-state index contributed by atoms with van der Waals surface area (Å²) >= 11 is 3.46. The van der Waals surface area contributed by atoms with Gasteiger partial charge >= 0.3 is 0 Å². The molecule has 2 aliphatic rings. The molecule has 0 aromatic heterocycles. The van der Waals surface area contributed by atoms with Crippen molar-refractivity contribution in [3.63, 3.8) is 0 Å². The Morgan fingerprint density at radius 3 is 2.62 bits per heavy atom. The van der Waals surface area contributed by atoms with Crippen LogP contribution in [0.4, 0.5) is 15.8 Å². The number of rotatable bonds is 3. The van der Waals surface area contributed by atoms with Crippen LogP contribution in [0.2, 0.25) is 0 Å². The maximum atomic E-state index is 13.3. The van der Waals surface area contributed by atoms with E-state index in [1.54, 1.807) is 18.2 Å². The number of halogens is 2. The molecule has 6 nitrogen and oxygen atoms in total. The SMILES string of the molecule is O=C1CC(c2ccc(F)cc2)C(C(=O)Nc2cc3c(cc2Br)CCC(=O)N3)=CN1. The highest BCUT2D eigenvalue weighted by Crippen LogP contribution is 2.35. The van der Waals surface area contributed by atoms with Gasteiger partial charge in [-0.1, -0.05) is 12.1 Å². The Bertz CT molecular complexity index is 1050. The van der Waals surface area contributed by atoms with E-state index in [-0.39, 0.29) is 30.0 Å². The lowest BCUT2D eigenvalue weighted by Crippen LogP contribution is -2.32. The van der Waals surface area contributed by atoms with E-state index < -0.39 is 5.92 Å². The molecule has 1 atom stereocenters. The fraction of sp³-hybridized carbons (Fsp3) is 0.190. The topological polar surface area (TPSA) is 87.3 Å². The molecular weight excluding hydrogens is 441 g/mol. The van der Waals surface area contributed by atoms with E-state index in [2.05, 4.69) is 31.9 Å². The summed E-state index contributed by atoms with van der Waals surface area (Å²) in [5.41, 5.74) is 3.21. The minimum Gasteiger partial charge on any atom is -0.332 e. The van der Waals surface area contributed by atoms with Gasteiger partial charge in [-0.2, -0.15) is 0 Å². The molecule has 2 aliphatic heterocycles. The summed E-state index contributed by atoms with van der Waals surface area (Å²) in [5.74, 6) is -1.54. The Labute approximate surface area is 174 Å². The lowest BCUT2D eigenvalue weighted by molar-refractivity contribution is -0.121. The van der Waals surface area contributed by atoms with Gasteiger partial charge in [0.1, 0.15) is 5.82 Å². The second-order valence-electron chi connectivity index (χ2n) is 6.97. The zero-order valence-electron chi connectivity index (χ0n) is 15.2. The maximum absolute atomic E-state index is 13.3. The largest absolute Gasteiger partial charge is 0.332 e. The van der Waals surface area contributed by atoms with Crippen molar-refractivity contribution in [3.8, 4) is 0 Å². The number of benzene rings is 2. The number of aryl methyl sites for hydroxylation is 1. The molecular formula is C21H17BrFN3O3. The van der Waals surface area contributed by atoms with Crippen molar-refractivity contribution >= 4 is 45.0 Å². The second kappa shape index (κ2) is 7.79. The zero-order valence-corrected chi connectivity index (χ0v) is 16.8. The van der Waals surface area contributed by atoms with Crippen LogP contribution in [0.5, 0.6) is 0 Å². The summed E-state index contributed by atoms with van der Waals surface area (Å²) in [5, 5.41) is 8.22. The third kappa shape index (κ3) is 4.07. The molecule has 0 saturated heterocycles. The van der Waals surface area contributed by atoms with Crippen molar-refractivity contribution in [3.05, 3.63) is 69.6 Å². The predicted molar refractivity (Wildman–Crippen MR) is 110 cm³/mol. The van der Waals surface area contributed by atoms with E-state index in [1.807, 2.05) is 6.07 Å². The van der Waals surface area contributed by atoms with Gasteiger partial charge in [0.05, 0.1) is 5.69 Å². The first-order valence-electron chi connectivity index (χ1n) is 9.09. The van der Waals surface area contributed by atoms with Crippen molar-refractivity contribution in [2.24, 2.45) is 0 Å². The van der Waals surface area contributed by atoms with Crippen LogP contribution in [0.3, 0.4) is 0 Å². The van der Waals surface area contributed by atoms with Gasteiger partial charge in [0, 0.05) is 40.7 Å². The van der Waals surface area contributed by atoms with Crippen LogP contribution in [0.1, 0.15) is 29.9 Å². The molecule has 8 heteroatoms. The molecule has 148 valence electrons. The smallest absolute Gasteiger partial charge is 0.253 e. The van der Waals surface area contributed by atoms with Gasteiger partial charge in [-0.05, 0) is 57.7 Å². The number of carbonyl (C=O) groups is 3. The lowest BCUT2D eigenvalue weighted by Gasteiger charge is -2.24. The van der Waals surface area contributed by atoms with E-state index in [9.17, 15) is 18.8 Å². The molecule has 3 N–H and O–H groups in total. The van der Waals surface area contributed by atoms with Gasteiger partial charge in [-0.15, -0.1) is 0 Å². The highest BCUT2D eigenvalue weighted by Gasteiger charge is 2.29. The molecule has 0 saturated carbocycles. The van der Waals surface area contributed by atoms with E-state index in [0.717, 1.165) is 5.56 Å². The van der Waals surface area contributed by atoms with Crippen LogP contribution >= 0.6 is 15.9 Å².